The molecule has 3 aliphatic rings. The molecular formula is C34H32ClFN6O5. The van der Waals surface area contributed by atoms with E-state index >= 15 is 4.39 Å². The normalized spacial score (nSPS) is 18.1. The lowest BCUT2D eigenvalue weighted by molar-refractivity contribution is -0.121. The molecular weight excluding hydrogens is 627 g/mol. The highest BCUT2D eigenvalue weighted by molar-refractivity contribution is 6.36. The summed E-state index contributed by atoms with van der Waals surface area (Å²) in [4.78, 5) is 56.6. The Morgan fingerprint density at radius 3 is 2.53 bits per heavy atom. The molecule has 13 heteroatoms. The lowest BCUT2D eigenvalue weighted by Crippen LogP contribution is -2.67. The number of anilines is 1. The number of nitrogens with one attached hydrogen (secondary N) is 2. The van der Waals surface area contributed by atoms with Gasteiger partial charge < -0.3 is 19.9 Å². The summed E-state index contributed by atoms with van der Waals surface area (Å²) in [7, 11) is 4.28. The maximum atomic E-state index is 16.4. The van der Waals surface area contributed by atoms with Gasteiger partial charge in [-0.05, 0) is 43.0 Å². The van der Waals surface area contributed by atoms with Crippen molar-refractivity contribution in [2.75, 3.05) is 25.5 Å². The van der Waals surface area contributed by atoms with Crippen molar-refractivity contribution < 1.29 is 18.7 Å². The van der Waals surface area contributed by atoms with Gasteiger partial charge in [-0.2, -0.15) is 0 Å². The predicted octanol–water partition coefficient (Wildman–Crippen LogP) is 3.82. The number of amides is 2. The zero-order valence-corrected chi connectivity index (χ0v) is 26.8. The first-order chi connectivity index (χ1) is 22.5. The van der Waals surface area contributed by atoms with Gasteiger partial charge in [0.1, 0.15) is 11.4 Å². The number of methoxy groups -OCH3 is 1. The van der Waals surface area contributed by atoms with Crippen LogP contribution in [0.2, 0.25) is 5.02 Å². The minimum Gasteiger partial charge on any atom is -0.481 e. The van der Waals surface area contributed by atoms with Crippen LogP contribution in [-0.4, -0.2) is 56.6 Å². The number of likely N-dealkylation sites (tertiary alicyclic amines) is 1. The summed E-state index contributed by atoms with van der Waals surface area (Å²) in [5.74, 6) is -0.747. The third kappa shape index (κ3) is 5.12. The first-order valence-electron chi connectivity index (χ1n) is 15.3. The summed E-state index contributed by atoms with van der Waals surface area (Å²) < 4.78 is 24.1. The van der Waals surface area contributed by atoms with Crippen molar-refractivity contribution in [3.8, 4) is 28.3 Å². The highest BCUT2D eigenvalue weighted by Crippen LogP contribution is 2.47. The van der Waals surface area contributed by atoms with Gasteiger partial charge in [0.25, 0.3) is 11.5 Å². The van der Waals surface area contributed by atoms with E-state index in [-0.39, 0.29) is 44.9 Å². The number of pyridine rings is 1. The van der Waals surface area contributed by atoms with Crippen LogP contribution in [-0.2, 0) is 25.3 Å². The number of hydrogen-bond acceptors (Lipinski definition) is 7. The summed E-state index contributed by atoms with van der Waals surface area (Å²) in [5, 5.41) is 5.84. The molecule has 2 aromatic carbocycles. The van der Waals surface area contributed by atoms with Crippen LogP contribution in [0.3, 0.4) is 0 Å². The molecule has 1 spiro atoms. The van der Waals surface area contributed by atoms with Gasteiger partial charge in [-0.1, -0.05) is 35.9 Å². The Balaban J connectivity index is 1.18. The number of aryl methyl sites for hydroxylation is 2. The smallest absolute Gasteiger partial charge is 0.330 e. The number of benzene rings is 2. The van der Waals surface area contributed by atoms with E-state index in [0.29, 0.717) is 23.6 Å². The molecule has 1 aliphatic carbocycles. The zero-order chi connectivity index (χ0) is 33.2. The van der Waals surface area contributed by atoms with Gasteiger partial charge in [-0.25, -0.2) is 14.2 Å². The standard InChI is InChI=1S/C34H32ClFN6O5/c1-40-15-22(32(45)41(2)33(40)46)30(44)37-23-9-5-6-19(28(23)35)20-7-4-8-21(29(20)36)24-14-18-10-11-25(27(18)31(38-24)47-3)42-16-34(17-42)13-12-26(43)39-34/h4-9,14-15,25H,10-13,16-17H2,1-3H3,(H,37,44)(H,39,43). The van der Waals surface area contributed by atoms with E-state index in [1.165, 1.54) is 14.1 Å². The van der Waals surface area contributed by atoms with Crippen LogP contribution in [0.5, 0.6) is 5.88 Å². The van der Waals surface area contributed by atoms with Gasteiger partial charge in [0.05, 0.1) is 29.1 Å². The van der Waals surface area contributed by atoms with E-state index in [9.17, 15) is 19.2 Å². The molecule has 11 nitrogen and oxygen atoms in total. The second-order valence-corrected chi connectivity index (χ2v) is 12.8. The van der Waals surface area contributed by atoms with Gasteiger partial charge in [0, 0.05) is 68.1 Å². The Bertz CT molecular complexity index is 2100. The number of ether oxygens (including phenoxy) is 1. The molecule has 0 saturated carbocycles. The summed E-state index contributed by atoms with van der Waals surface area (Å²) >= 11 is 6.73. The van der Waals surface area contributed by atoms with Gasteiger partial charge in [0.15, 0.2) is 0 Å². The molecule has 0 radical (unpaired) electrons. The first kappa shape index (κ1) is 30.8. The summed E-state index contributed by atoms with van der Waals surface area (Å²) in [6, 6.07) is 11.8. The third-order valence-corrected chi connectivity index (χ3v) is 9.92. The van der Waals surface area contributed by atoms with E-state index in [4.69, 9.17) is 21.3 Å². The second kappa shape index (κ2) is 11.5. The number of rotatable bonds is 6. The number of aromatic nitrogens is 3. The predicted molar refractivity (Wildman–Crippen MR) is 174 cm³/mol. The van der Waals surface area contributed by atoms with Gasteiger partial charge in [0.2, 0.25) is 11.8 Å². The fourth-order valence-electron chi connectivity index (χ4n) is 7.13. The Kier molecular flexibility index (Phi) is 7.52. The Hall–Kier alpha value is -4.81. The lowest BCUT2D eigenvalue weighted by Gasteiger charge is -2.50. The minimum atomic E-state index is -0.761. The molecule has 2 N–H and O–H groups in total. The van der Waals surface area contributed by atoms with Crippen molar-refractivity contribution in [2.45, 2.75) is 37.3 Å². The minimum absolute atomic E-state index is 0.0756. The van der Waals surface area contributed by atoms with Crippen LogP contribution < -0.4 is 26.6 Å². The SMILES string of the molecule is COc1nc(-c2cccc(-c3cccc(NC(=O)c4cn(C)c(=O)n(C)c4=O)c3Cl)c2F)cc2c1C(N1CC3(CCC(=O)N3)C1)CC2. The Morgan fingerprint density at radius 2 is 1.81 bits per heavy atom. The number of carbonyl (C=O) groups excluding carboxylic acids is 2. The van der Waals surface area contributed by atoms with Crippen molar-refractivity contribution in [3.63, 3.8) is 0 Å². The highest BCUT2D eigenvalue weighted by Gasteiger charge is 2.51. The molecule has 242 valence electrons. The third-order valence-electron chi connectivity index (χ3n) is 9.51. The maximum absolute atomic E-state index is 16.4. The van der Waals surface area contributed by atoms with Crippen LogP contribution in [0.25, 0.3) is 22.4 Å². The van der Waals surface area contributed by atoms with E-state index in [1.807, 2.05) is 6.07 Å². The number of halogens is 2. The number of fused-ring (bicyclic) bond motifs is 1. The van der Waals surface area contributed by atoms with Crippen molar-refractivity contribution in [1.29, 1.82) is 0 Å². The largest absolute Gasteiger partial charge is 0.481 e. The molecule has 2 aromatic heterocycles. The van der Waals surface area contributed by atoms with E-state index in [0.717, 1.165) is 58.8 Å². The van der Waals surface area contributed by atoms with Crippen molar-refractivity contribution in [2.24, 2.45) is 14.1 Å². The topological polar surface area (TPSA) is 128 Å². The molecule has 1 unspecified atom stereocenters. The van der Waals surface area contributed by atoms with E-state index in [1.54, 1.807) is 43.5 Å². The van der Waals surface area contributed by atoms with Crippen molar-refractivity contribution >= 4 is 29.1 Å². The number of nitrogens with zero attached hydrogens (tertiary/aromatic N) is 4. The summed E-state index contributed by atoms with van der Waals surface area (Å²) in [6.07, 6.45) is 4.24. The van der Waals surface area contributed by atoms with Crippen LogP contribution in [0.4, 0.5) is 10.1 Å². The molecule has 4 heterocycles. The Labute approximate surface area is 273 Å². The lowest BCUT2D eigenvalue weighted by atomic mass is 9.86. The van der Waals surface area contributed by atoms with Crippen LogP contribution in [0.15, 0.2) is 58.3 Å². The molecule has 0 bridgehead atoms. The average molecular weight is 659 g/mol. The van der Waals surface area contributed by atoms with Crippen LogP contribution >= 0.6 is 11.6 Å². The highest BCUT2D eigenvalue weighted by atomic mass is 35.5. The summed E-state index contributed by atoms with van der Waals surface area (Å²) in [5.41, 5.74) is 1.74. The summed E-state index contributed by atoms with van der Waals surface area (Å²) in [6.45, 7) is 1.57. The van der Waals surface area contributed by atoms with E-state index in [2.05, 4.69) is 15.5 Å². The van der Waals surface area contributed by atoms with E-state index < -0.39 is 23.0 Å². The second-order valence-electron chi connectivity index (χ2n) is 12.5. The Morgan fingerprint density at radius 1 is 1.09 bits per heavy atom. The van der Waals surface area contributed by atoms with Crippen LogP contribution in [0, 0.1) is 5.82 Å². The molecule has 2 fully saturated rings. The van der Waals surface area contributed by atoms with Crippen molar-refractivity contribution in [3.05, 3.63) is 97.0 Å². The van der Waals surface area contributed by atoms with Crippen molar-refractivity contribution in [1.82, 2.24) is 24.3 Å². The fourth-order valence-corrected chi connectivity index (χ4v) is 7.41. The first-order valence-corrected chi connectivity index (χ1v) is 15.7. The molecule has 1 atom stereocenters. The monoisotopic (exact) mass is 658 g/mol. The fraction of sp³-hybridized carbons (Fsp3) is 0.324. The molecule has 47 heavy (non-hydrogen) atoms. The van der Waals surface area contributed by atoms with Gasteiger partial charge in [-0.3, -0.25) is 23.9 Å². The maximum Gasteiger partial charge on any atom is 0.330 e. The number of carbonyl (C=O) groups is 2. The average Bonchev–Trinajstić information content (AvgIpc) is 3.65. The quantitative estimate of drug-likeness (QED) is 0.323. The molecule has 2 saturated heterocycles. The zero-order valence-electron chi connectivity index (χ0n) is 26.0. The molecule has 4 aromatic rings. The molecule has 2 aliphatic heterocycles. The van der Waals surface area contributed by atoms with Crippen LogP contribution in [0.1, 0.15) is 46.8 Å². The van der Waals surface area contributed by atoms with Gasteiger partial charge in [-0.15, -0.1) is 0 Å². The molecule has 7 rings (SSSR count). The molecule has 2 amide bonds. The number of hydrogen-bond donors (Lipinski definition) is 2. The van der Waals surface area contributed by atoms with Gasteiger partial charge >= 0.3 is 5.69 Å².